The lowest BCUT2D eigenvalue weighted by Gasteiger charge is -2.19. The summed E-state index contributed by atoms with van der Waals surface area (Å²) >= 11 is 5.41. The van der Waals surface area contributed by atoms with Crippen LogP contribution in [-0.2, 0) is 14.4 Å². The number of rotatable bonds is 5. The van der Waals surface area contributed by atoms with Crippen molar-refractivity contribution in [2.45, 2.75) is 25.8 Å². The zero-order chi connectivity index (χ0) is 11.3. The number of hydrogen-bond donors (Lipinski definition) is 2. The van der Waals surface area contributed by atoms with E-state index in [1.807, 2.05) is 0 Å². The molecule has 0 aromatic rings. The van der Waals surface area contributed by atoms with Gasteiger partial charge in [0.15, 0.2) is 0 Å². The van der Waals surface area contributed by atoms with Crippen molar-refractivity contribution in [3.63, 3.8) is 0 Å². The lowest BCUT2D eigenvalue weighted by molar-refractivity contribution is -0.145. The maximum Gasteiger partial charge on any atom is 0.327 e. The van der Waals surface area contributed by atoms with Crippen LogP contribution in [0.3, 0.4) is 0 Å². The molecular weight excluding hydrogens is 212 g/mol. The average molecular weight is 223 g/mol. The molecule has 14 heavy (non-hydrogen) atoms. The van der Waals surface area contributed by atoms with Gasteiger partial charge in [0.05, 0.1) is 0 Å². The Kier molecular flexibility index (Phi) is 4.93. The van der Waals surface area contributed by atoms with Gasteiger partial charge in [-0.3, -0.25) is 9.59 Å². The van der Waals surface area contributed by atoms with Crippen molar-refractivity contribution >= 4 is 29.6 Å². The Morgan fingerprint density at radius 2 is 2.00 bits per heavy atom. The first-order valence-electron chi connectivity index (χ1n) is 3.83. The minimum Gasteiger partial charge on any atom is -0.480 e. The lowest BCUT2D eigenvalue weighted by Crippen LogP contribution is -2.38. The van der Waals surface area contributed by atoms with Gasteiger partial charge in [-0.15, -0.1) is 0 Å². The van der Waals surface area contributed by atoms with Gasteiger partial charge in [-0.25, -0.2) is 9.21 Å². The summed E-state index contributed by atoms with van der Waals surface area (Å²) in [6.45, 7) is 1.13. The molecule has 0 rings (SSSR count). The van der Waals surface area contributed by atoms with E-state index < -0.39 is 23.8 Å². The molecule has 3 N–H and O–H groups in total. The highest BCUT2D eigenvalue weighted by Gasteiger charge is 2.26. The number of aliphatic carboxylic acids is 1. The van der Waals surface area contributed by atoms with Gasteiger partial charge in [0.25, 0.3) is 0 Å². The number of nitrogens with zero attached hydrogens (tertiary/aromatic N) is 1. The Labute approximate surface area is 85.7 Å². The van der Waals surface area contributed by atoms with Crippen LogP contribution in [0.4, 0.5) is 0 Å². The molecule has 0 unspecified atom stereocenters. The number of carbonyl (C=O) groups is 3. The Bertz CT molecular complexity index is 256. The predicted molar refractivity (Wildman–Crippen MR) is 48.2 cm³/mol. The third kappa shape index (κ3) is 4.08. The second-order valence-electron chi connectivity index (χ2n) is 2.69. The molecule has 0 bridgehead atoms. The van der Waals surface area contributed by atoms with Crippen LogP contribution >= 0.6 is 11.8 Å². The van der Waals surface area contributed by atoms with Crippen molar-refractivity contribution in [2.24, 2.45) is 5.73 Å². The van der Waals surface area contributed by atoms with E-state index in [0.29, 0.717) is 4.42 Å². The zero-order valence-electron chi connectivity index (χ0n) is 7.57. The van der Waals surface area contributed by atoms with Gasteiger partial charge in [0.2, 0.25) is 11.8 Å². The maximum atomic E-state index is 10.7. The molecule has 80 valence electrons. The molecule has 6 nitrogen and oxygen atoms in total. The minimum atomic E-state index is -1.27. The third-order valence-corrected chi connectivity index (χ3v) is 2.00. The monoisotopic (exact) mass is 222 g/mol. The first-order valence-corrected chi connectivity index (χ1v) is 4.16. The highest BCUT2D eigenvalue weighted by Crippen LogP contribution is 2.10. The molecule has 0 fully saturated rings. The molecule has 0 spiro atoms. The number of amides is 2. The van der Waals surface area contributed by atoms with Crippen LogP contribution in [0.5, 0.6) is 0 Å². The Morgan fingerprint density at radius 3 is 2.29 bits per heavy atom. The van der Waals surface area contributed by atoms with Gasteiger partial charge in [-0.2, -0.15) is 0 Å². The fraction of sp³-hybridized carbons (Fsp3) is 0.571. The van der Waals surface area contributed by atoms with E-state index in [-0.39, 0.29) is 12.8 Å². The number of carbonyl (C=O) groups excluding carboxylic acids is 2. The lowest BCUT2D eigenvalue weighted by atomic mass is 10.1. The van der Waals surface area contributed by atoms with Gasteiger partial charge in [0.1, 0.15) is 6.04 Å². The van der Waals surface area contributed by atoms with E-state index in [1.165, 1.54) is 0 Å². The van der Waals surface area contributed by atoms with E-state index in [9.17, 15) is 14.4 Å². The smallest absolute Gasteiger partial charge is 0.327 e. The van der Waals surface area contributed by atoms with E-state index >= 15 is 0 Å². The van der Waals surface area contributed by atoms with Gasteiger partial charge < -0.3 is 10.8 Å². The Balaban J connectivity index is 4.37. The summed E-state index contributed by atoms with van der Waals surface area (Å²) < 4.78 is 0.547. The average Bonchev–Trinajstić information content (AvgIpc) is 2.02. The number of halogens is 1. The maximum absolute atomic E-state index is 10.7. The summed E-state index contributed by atoms with van der Waals surface area (Å²) in [4.78, 5) is 31.8. The molecule has 0 saturated heterocycles. The van der Waals surface area contributed by atoms with Crippen molar-refractivity contribution in [1.82, 2.24) is 4.42 Å². The minimum absolute atomic E-state index is 0.0895. The molecule has 0 radical (unpaired) electrons. The summed E-state index contributed by atoms with van der Waals surface area (Å²) in [5.41, 5.74) is 4.84. The number of carboxylic acids is 1. The first-order chi connectivity index (χ1) is 6.36. The molecule has 0 heterocycles. The van der Waals surface area contributed by atoms with Crippen LogP contribution in [0.1, 0.15) is 19.8 Å². The van der Waals surface area contributed by atoms with Crippen LogP contribution in [0.25, 0.3) is 0 Å². The van der Waals surface area contributed by atoms with E-state index in [0.717, 1.165) is 6.92 Å². The van der Waals surface area contributed by atoms with Gasteiger partial charge in [-0.05, 0) is 6.42 Å². The second-order valence-corrected chi connectivity index (χ2v) is 3.05. The zero-order valence-corrected chi connectivity index (χ0v) is 8.32. The second kappa shape index (κ2) is 5.43. The summed E-state index contributed by atoms with van der Waals surface area (Å²) in [6, 6.07) is -1.22. The van der Waals surface area contributed by atoms with Crippen molar-refractivity contribution < 1.29 is 19.5 Å². The van der Waals surface area contributed by atoms with Crippen molar-refractivity contribution in [1.29, 1.82) is 0 Å². The fourth-order valence-corrected chi connectivity index (χ4v) is 1.01. The normalized spacial score (nSPS) is 11.9. The van der Waals surface area contributed by atoms with Crippen LogP contribution in [0.15, 0.2) is 0 Å². The first kappa shape index (κ1) is 12.7. The van der Waals surface area contributed by atoms with Gasteiger partial charge in [-0.1, -0.05) is 0 Å². The highest BCUT2D eigenvalue weighted by molar-refractivity contribution is 6.22. The molecule has 0 aliphatic carbocycles. The Hall–Kier alpha value is -1.30. The van der Waals surface area contributed by atoms with Crippen molar-refractivity contribution in [3.05, 3.63) is 0 Å². The van der Waals surface area contributed by atoms with Crippen LogP contribution < -0.4 is 5.73 Å². The summed E-state index contributed by atoms with van der Waals surface area (Å²) in [6.07, 6.45) is -0.221. The molecule has 0 aliphatic heterocycles. The molecule has 0 aliphatic rings. The quantitative estimate of drug-likeness (QED) is 0.624. The molecule has 0 saturated carbocycles. The largest absolute Gasteiger partial charge is 0.480 e. The SMILES string of the molecule is CC(=O)N(Cl)[C@@H](CCC(N)=O)C(=O)O. The number of hydrogen-bond acceptors (Lipinski definition) is 3. The van der Waals surface area contributed by atoms with E-state index in [1.54, 1.807) is 0 Å². The Morgan fingerprint density at radius 1 is 1.50 bits per heavy atom. The summed E-state index contributed by atoms with van der Waals surface area (Å²) in [7, 11) is 0. The van der Waals surface area contributed by atoms with E-state index in [2.05, 4.69) is 0 Å². The third-order valence-electron chi connectivity index (χ3n) is 1.52. The number of primary amides is 1. The number of nitrogens with two attached hydrogens (primary N) is 1. The van der Waals surface area contributed by atoms with E-state index in [4.69, 9.17) is 22.6 Å². The number of carboxylic acid groups (broad SMARTS) is 1. The summed E-state index contributed by atoms with van der Waals surface area (Å²) in [5.74, 6) is -2.50. The van der Waals surface area contributed by atoms with Gasteiger partial charge >= 0.3 is 5.97 Å². The highest BCUT2D eigenvalue weighted by atomic mass is 35.5. The van der Waals surface area contributed by atoms with Crippen LogP contribution in [0.2, 0.25) is 0 Å². The fourth-order valence-electron chi connectivity index (χ4n) is 0.832. The van der Waals surface area contributed by atoms with Crippen molar-refractivity contribution in [2.75, 3.05) is 0 Å². The molecular formula is C7H11ClN2O4. The van der Waals surface area contributed by atoms with Crippen molar-refractivity contribution in [3.8, 4) is 0 Å². The molecule has 0 aromatic carbocycles. The topological polar surface area (TPSA) is 101 Å². The molecule has 0 aromatic heterocycles. The standard InChI is InChI=1S/C7H11ClN2O4/c1-4(11)10(8)5(7(13)14)2-3-6(9)12/h5H,2-3H2,1H3,(H2,9,12)(H,13,14)/t5-/m0/s1. The predicted octanol–water partition coefficient (Wildman–Crippen LogP) is -0.293. The van der Waals surface area contributed by atoms with Crippen LogP contribution in [-0.4, -0.2) is 33.4 Å². The summed E-state index contributed by atoms with van der Waals surface area (Å²) in [5, 5.41) is 8.67. The molecule has 1 atom stereocenters. The molecule has 7 heteroatoms. The molecule has 2 amide bonds. The van der Waals surface area contributed by atoms with Gasteiger partial charge in [0, 0.05) is 25.1 Å². The van der Waals surface area contributed by atoms with Crippen LogP contribution in [0, 0.1) is 0 Å².